The highest BCUT2D eigenvalue weighted by molar-refractivity contribution is 5.82. The van der Waals surface area contributed by atoms with Crippen molar-refractivity contribution in [3.63, 3.8) is 0 Å². The van der Waals surface area contributed by atoms with Gasteiger partial charge in [-0.1, -0.05) is 12.1 Å². The molecule has 2 rings (SSSR count). The summed E-state index contributed by atoms with van der Waals surface area (Å²) in [6, 6.07) is 5.40. The van der Waals surface area contributed by atoms with E-state index in [9.17, 15) is 9.18 Å². The zero-order chi connectivity index (χ0) is 17.5. The molecule has 1 amide bonds. The third-order valence-corrected chi connectivity index (χ3v) is 4.45. The monoisotopic (exact) mass is 338 g/mol. The Morgan fingerprint density at radius 1 is 1.42 bits per heavy atom. The van der Waals surface area contributed by atoms with Crippen LogP contribution in [0.2, 0.25) is 0 Å². The van der Waals surface area contributed by atoms with E-state index in [-0.39, 0.29) is 11.7 Å². The largest absolute Gasteiger partial charge is 0.384 e. The Balaban J connectivity index is 1.83. The van der Waals surface area contributed by atoms with E-state index in [4.69, 9.17) is 15.2 Å². The van der Waals surface area contributed by atoms with Crippen LogP contribution < -0.4 is 5.73 Å². The number of likely N-dealkylation sites (tertiary alicyclic amines) is 1. The molecule has 0 aliphatic carbocycles. The van der Waals surface area contributed by atoms with Crippen LogP contribution in [-0.4, -0.2) is 49.8 Å². The standard InChI is InChI=1S/C18H27FN2O3/c1-13(24-12-14-5-7-16(19)8-6-14)17(20)18(22)21-9-3-4-15(10-21)11-23-2/h5-8,13,15,17H,3-4,9-12,20H2,1-2H3/t13-,15+,17+/m1/s1. The summed E-state index contributed by atoms with van der Waals surface area (Å²) in [5.74, 6) is 0.00661. The summed E-state index contributed by atoms with van der Waals surface area (Å²) in [6.07, 6.45) is 1.63. The summed E-state index contributed by atoms with van der Waals surface area (Å²) in [5, 5.41) is 0. The average molecular weight is 338 g/mol. The first-order valence-electron chi connectivity index (χ1n) is 8.40. The fraction of sp³-hybridized carbons (Fsp3) is 0.611. The number of halogens is 1. The maximum atomic E-state index is 12.9. The normalized spacial score (nSPS) is 20.7. The van der Waals surface area contributed by atoms with Gasteiger partial charge in [0.25, 0.3) is 0 Å². The minimum atomic E-state index is -0.702. The lowest BCUT2D eigenvalue weighted by atomic mass is 9.98. The van der Waals surface area contributed by atoms with Crippen molar-refractivity contribution in [1.29, 1.82) is 0 Å². The first kappa shape index (κ1) is 18.8. The van der Waals surface area contributed by atoms with Gasteiger partial charge < -0.3 is 20.1 Å². The summed E-state index contributed by atoms with van der Waals surface area (Å²) in [5.41, 5.74) is 6.94. The predicted octanol–water partition coefficient (Wildman–Crippen LogP) is 1.94. The molecule has 3 atom stereocenters. The molecule has 134 valence electrons. The lowest BCUT2D eigenvalue weighted by molar-refractivity contribution is -0.138. The summed E-state index contributed by atoms with van der Waals surface area (Å²) < 4.78 is 23.8. The van der Waals surface area contributed by atoms with Crippen LogP contribution >= 0.6 is 0 Å². The van der Waals surface area contributed by atoms with Gasteiger partial charge >= 0.3 is 0 Å². The molecule has 1 aliphatic heterocycles. The van der Waals surface area contributed by atoms with Gasteiger partial charge in [-0.2, -0.15) is 0 Å². The number of carbonyl (C=O) groups excluding carboxylic acids is 1. The third kappa shape index (κ3) is 5.26. The highest BCUT2D eigenvalue weighted by Crippen LogP contribution is 2.18. The van der Waals surface area contributed by atoms with Gasteiger partial charge in [-0.25, -0.2) is 4.39 Å². The number of carbonyl (C=O) groups is 1. The number of rotatable bonds is 7. The van der Waals surface area contributed by atoms with Gasteiger partial charge in [-0.3, -0.25) is 4.79 Å². The lowest BCUT2D eigenvalue weighted by Crippen LogP contribution is -2.52. The highest BCUT2D eigenvalue weighted by atomic mass is 19.1. The number of nitrogens with two attached hydrogens (primary N) is 1. The number of nitrogens with zero attached hydrogens (tertiary/aromatic N) is 1. The summed E-state index contributed by atoms with van der Waals surface area (Å²) >= 11 is 0. The van der Waals surface area contributed by atoms with Crippen molar-refractivity contribution in [2.45, 2.75) is 38.5 Å². The molecule has 0 unspecified atom stereocenters. The zero-order valence-corrected chi connectivity index (χ0v) is 14.4. The van der Waals surface area contributed by atoms with E-state index in [1.165, 1.54) is 12.1 Å². The highest BCUT2D eigenvalue weighted by Gasteiger charge is 2.30. The smallest absolute Gasteiger partial charge is 0.242 e. The molecule has 0 aromatic heterocycles. The quantitative estimate of drug-likeness (QED) is 0.825. The minimum Gasteiger partial charge on any atom is -0.384 e. The molecule has 1 aliphatic rings. The maximum Gasteiger partial charge on any atom is 0.242 e. The Morgan fingerprint density at radius 2 is 2.12 bits per heavy atom. The Hall–Kier alpha value is -1.50. The van der Waals surface area contributed by atoms with Crippen LogP contribution in [0.15, 0.2) is 24.3 Å². The van der Waals surface area contributed by atoms with E-state index < -0.39 is 12.1 Å². The van der Waals surface area contributed by atoms with Gasteiger partial charge in [0.15, 0.2) is 0 Å². The second-order valence-electron chi connectivity index (χ2n) is 6.42. The second-order valence-corrected chi connectivity index (χ2v) is 6.42. The number of ether oxygens (including phenoxy) is 2. The average Bonchev–Trinajstić information content (AvgIpc) is 2.60. The second kappa shape index (κ2) is 9.11. The first-order chi connectivity index (χ1) is 11.5. The predicted molar refractivity (Wildman–Crippen MR) is 89.8 cm³/mol. The van der Waals surface area contributed by atoms with Crippen LogP contribution in [0, 0.1) is 11.7 Å². The molecule has 1 fully saturated rings. The van der Waals surface area contributed by atoms with Gasteiger partial charge in [0.1, 0.15) is 11.9 Å². The Kier molecular flexibility index (Phi) is 7.15. The van der Waals surface area contributed by atoms with Gasteiger partial charge in [0, 0.05) is 20.2 Å². The Bertz CT molecular complexity index is 522. The Morgan fingerprint density at radius 3 is 2.79 bits per heavy atom. The van der Waals surface area contributed by atoms with Crippen molar-refractivity contribution in [3.8, 4) is 0 Å². The van der Waals surface area contributed by atoms with Crippen LogP contribution in [0.3, 0.4) is 0 Å². The Labute approximate surface area is 142 Å². The molecule has 1 aromatic rings. The van der Waals surface area contributed by atoms with Crippen LogP contribution in [-0.2, 0) is 20.9 Å². The van der Waals surface area contributed by atoms with Gasteiger partial charge in [0.05, 0.1) is 19.3 Å². The molecular formula is C18H27FN2O3. The molecular weight excluding hydrogens is 311 g/mol. The molecule has 0 spiro atoms. The zero-order valence-electron chi connectivity index (χ0n) is 14.4. The third-order valence-electron chi connectivity index (χ3n) is 4.45. The van der Waals surface area contributed by atoms with E-state index in [0.717, 1.165) is 24.9 Å². The van der Waals surface area contributed by atoms with Crippen LogP contribution in [0.25, 0.3) is 0 Å². The van der Waals surface area contributed by atoms with Gasteiger partial charge in [-0.15, -0.1) is 0 Å². The molecule has 5 nitrogen and oxygen atoms in total. The molecule has 0 bridgehead atoms. The molecule has 1 heterocycles. The van der Waals surface area contributed by atoms with Crippen molar-refractivity contribution < 1.29 is 18.7 Å². The molecule has 24 heavy (non-hydrogen) atoms. The van der Waals surface area contributed by atoms with Crippen LogP contribution in [0.5, 0.6) is 0 Å². The fourth-order valence-corrected chi connectivity index (χ4v) is 2.96. The summed E-state index contributed by atoms with van der Waals surface area (Å²) in [7, 11) is 1.68. The van der Waals surface area contributed by atoms with E-state index in [1.54, 1.807) is 26.2 Å². The number of piperidine rings is 1. The molecule has 6 heteroatoms. The number of hydrogen-bond donors (Lipinski definition) is 1. The van der Waals surface area contributed by atoms with E-state index >= 15 is 0 Å². The van der Waals surface area contributed by atoms with E-state index in [1.807, 2.05) is 4.90 Å². The van der Waals surface area contributed by atoms with Gasteiger partial charge in [0.2, 0.25) is 5.91 Å². The van der Waals surface area contributed by atoms with E-state index in [0.29, 0.717) is 25.7 Å². The van der Waals surface area contributed by atoms with Crippen molar-refractivity contribution >= 4 is 5.91 Å². The number of hydrogen-bond acceptors (Lipinski definition) is 4. The SMILES string of the molecule is COC[C@H]1CCCN(C(=O)[C@@H](N)[C@@H](C)OCc2ccc(F)cc2)C1. The number of benzene rings is 1. The molecule has 1 aromatic carbocycles. The van der Waals surface area contributed by atoms with Crippen LogP contribution in [0.1, 0.15) is 25.3 Å². The van der Waals surface area contributed by atoms with Crippen molar-refractivity contribution in [2.75, 3.05) is 26.8 Å². The van der Waals surface area contributed by atoms with Crippen molar-refractivity contribution in [1.82, 2.24) is 4.90 Å². The fourth-order valence-electron chi connectivity index (χ4n) is 2.96. The minimum absolute atomic E-state index is 0.0811. The molecule has 0 saturated carbocycles. The molecule has 1 saturated heterocycles. The topological polar surface area (TPSA) is 64.8 Å². The van der Waals surface area contributed by atoms with E-state index in [2.05, 4.69) is 0 Å². The number of amides is 1. The molecule has 0 radical (unpaired) electrons. The first-order valence-corrected chi connectivity index (χ1v) is 8.40. The number of methoxy groups -OCH3 is 1. The molecule has 2 N–H and O–H groups in total. The lowest BCUT2D eigenvalue weighted by Gasteiger charge is -2.35. The summed E-state index contributed by atoms with van der Waals surface area (Å²) in [4.78, 5) is 14.4. The van der Waals surface area contributed by atoms with Gasteiger partial charge in [-0.05, 0) is 43.4 Å². The summed E-state index contributed by atoms with van der Waals surface area (Å²) in [6.45, 7) is 4.18. The van der Waals surface area contributed by atoms with Crippen LogP contribution in [0.4, 0.5) is 4.39 Å². The van der Waals surface area contributed by atoms with Crippen molar-refractivity contribution in [2.24, 2.45) is 11.7 Å². The maximum absolute atomic E-state index is 12.9. The van der Waals surface area contributed by atoms with Crippen molar-refractivity contribution in [3.05, 3.63) is 35.6 Å².